The Morgan fingerprint density at radius 2 is 2.28 bits per heavy atom. The molecule has 0 aliphatic rings. The SMILES string of the molecule is C=CCN(c1cc(CNCCC)ccn1)C(C)C. The molecule has 0 saturated heterocycles. The van der Waals surface area contributed by atoms with Gasteiger partial charge in [0.1, 0.15) is 5.82 Å². The Labute approximate surface area is 111 Å². The van der Waals surface area contributed by atoms with E-state index in [1.54, 1.807) is 0 Å². The first-order chi connectivity index (χ1) is 8.69. The molecule has 0 atom stereocenters. The highest BCUT2D eigenvalue weighted by Gasteiger charge is 2.10. The van der Waals surface area contributed by atoms with Crippen molar-refractivity contribution in [3.8, 4) is 0 Å². The molecule has 0 spiro atoms. The van der Waals surface area contributed by atoms with Crippen molar-refractivity contribution in [2.45, 2.75) is 39.8 Å². The van der Waals surface area contributed by atoms with Crippen molar-refractivity contribution in [2.75, 3.05) is 18.0 Å². The van der Waals surface area contributed by atoms with Crippen LogP contribution in [-0.4, -0.2) is 24.1 Å². The summed E-state index contributed by atoms with van der Waals surface area (Å²) in [6.45, 7) is 13.1. The lowest BCUT2D eigenvalue weighted by atomic mass is 10.2. The van der Waals surface area contributed by atoms with E-state index in [9.17, 15) is 0 Å². The van der Waals surface area contributed by atoms with Crippen LogP contribution in [0.15, 0.2) is 31.0 Å². The van der Waals surface area contributed by atoms with Gasteiger partial charge in [0.05, 0.1) is 0 Å². The quantitative estimate of drug-likeness (QED) is 0.565. The van der Waals surface area contributed by atoms with Crippen LogP contribution in [0.4, 0.5) is 5.82 Å². The number of anilines is 1. The van der Waals surface area contributed by atoms with E-state index in [1.165, 1.54) is 5.56 Å². The van der Waals surface area contributed by atoms with Crippen LogP contribution in [0.25, 0.3) is 0 Å². The van der Waals surface area contributed by atoms with Crippen molar-refractivity contribution in [1.29, 1.82) is 0 Å². The third kappa shape index (κ3) is 4.49. The van der Waals surface area contributed by atoms with Gasteiger partial charge in [0, 0.05) is 25.3 Å². The second-order valence-electron chi connectivity index (χ2n) is 4.73. The van der Waals surface area contributed by atoms with Crippen LogP contribution in [0.2, 0.25) is 0 Å². The maximum Gasteiger partial charge on any atom is 0.129 e. The molecule has 0 aliphatic carbocycles. The lowest BCUT2D eigenvalue weighted by molar-refractivity contribution is 0.672. The number of hydrogen-bond acceptors (Lipinski definition) is 3. The molecule has 3 heteroatoms. The fourth-order valence-electron chi connectivity index (χ4n) is 1.85. The third-order valence-electron chi connectivity index (χ3n) is 2.81. The second kappa shape index (κ2) is 7.88. The van der Waals surface area contributed by atoms with Gasteiger partial charge in [-0.25, -0.2) is 4.98 Å². The summed E-state index contributed by atoms with van der Waals surface area (Å²) in [4.78, 5) is 6.70. The second-order valence-corrected chi connectivity index (χ2v) is 4.73. The normalized spacial score (nSPS) is 10.7. The molecule has 1 rings (SSSR count). The minimum absolute atomic E-state index is 0.425. The topological polar surface area (TPSA) is 28.2 Å². The van der Waals surface area contributed by atoms with Crippen LogP contribution >= 0.6 is 0 Å². The van der Waals surface area contributed by atoms with E-state index in [4.69, 9.17) is 0 Å². The Morgan fingerprint density at radius 1 is 1.50 bits per heavy atom. The predicted octanol–water partition coefficient (Wildman–Crippen LogP) is 2.98. The Morgan fingerprint density at radius 3 is 2.89 bits per heavy atom. The molecule has 18 heavy (non-hydrogen) atoms. The average molecular weight is 247 g/mol. The van der Waals surface area contributed by atoms with E-state index in [-0.39, 0.29) is 0 Å². The van der Waals surface area contributed by atoms with Gasteiger partial charge in [0.15, 0.2) is 0 Å². The van der Waals surface area contributed by atoms with Crippen molar-refractivity contribution in [3.63, 3.8) is 0 Å². The van der Waals surface area contributed by atoms with Crippen molar-refractivity contribution < 1.29 is 0 Å². The molecule has 0 aliphatic heterocycles. The molecule has 0 aromatic carbocycles. The Bertz CT molecular complexity index is 361. The summed E-state index contributed by atoms with van der Waals surface area (Å²) in [6.07, 6.45) is 4.97. The van der Waals surface area contributed by atoms with Crippen LogP contribution in [0.1, 0.15) is 32.8 Å². The summed E-state index contributed by atoms with van der Waals surface area (Å²) in [5.74, 6) is 1.03. The highest BCUT2D eigenvalue weighted by atomic mass is 15.2. The molecule has 3 nitrogen and oxygen atoms in total. The van der Waals surface area contributed by atoms with Crippen molar-refractivity contribution >= 4 is 5.82 Å². The van der Waals surface area contributed by atoms with Gasteiger partial charge in [-0.05, 0) is 44.5 Å². The first kappa shape index (κ1) is 14.7. The molecule has 0 bridgehead atoms. The summed E-state index contributed by atoms with van der Waals surface area (Å²) >= 11 is 0. The molecule has 0 radical (unpaired) electrons. The number of rotatable bonds is 8. The molecule has 100 valence electrons. The molecule has 0 fully saturated rings. The molecule has 0 amide bonds. The van der Waals surface area contributed by atoms with Crippen LogP contribution in [-0.2, 0) is 6.54 Å². The predicted molar refractivity (Wildman–Crippen MR) is 78.9 cm³/mol. The molecule has 0 saturated carbocycles. The maximum absolute atomic E-state index is 4.46. The van der Waals surface area contributed by atoms with Gasteiger partial charge < -0.3 is 10.2 Å². The van der Waals surface area contributed by atoms with Crippen molar-refractivity contribution in [2.24, 2.45) is 0 Å². The largest absolute Gasteiger partial charge is 0.350 e. The molecule has 1 heterocycles. The van der Waals surface area contributed by atoms with Gasteiger partial charge in [-0.15, -0.1) is 6.58 Å². The average Bonchev–Trinajstić information content (AvgIpc) is 2.36. The van der Waals surface area contributed by atoms with E-state index in [0.717, 1.165) is 31.9 Å². The molecular weight excluding hydrogens is 222 g/mol. The number of aromatic nitrogens is 1. The lowest BCUT2D eigenvalue weighted by Crippen LogP contribution is -2.31. The molecule has 1 aromatic rings. The number of nitrogens with one attached hydrogen (secondary N) is 1. The number of nitrogens with zero attached hydrogens (tertiary/aromatic N) is 2. The zero-order valence-electron chi connectivity index (χ0n) is 11.8. The van der Waals surface area contributed by atoms with E-state index >= 15 is 0 Å². The molecular formula is C15H25N3. The lowest BCUT2D eigenvalue weighted by Gasteiger charge is -2.26. The van der Waals surface area contributed by atoms with Crippen molar-refractivity contribution in [3.05, 3.63) is 36.5 Å². The van der Waals surface area contributed by atoms with Crippen LogP contribution in [0.5, 0.6) is 0 Å². The van der Waals surface area contributed by atoms with Crippen molar-refractivity contribution in [1.82, 2.24) is 10.3 Å². The van der Waals surface area contributed by atoms with Crippen LogP contribution < -0.4 is 10.2 Å². The van der Waals surface area contributed by atoms with Crippen LogP contribution in [0, 0.1) is 0 Å². The molecule has 1 aromatic heterocycles. The van der Waals surface area contributed by atoms with E-state index in [1.807, 2.05) is 12.3 Å². The summed E-state index contributed by atoms with van der Waals surface area (Å²) < 4.78 is 0. The smallest absolute Gasteiger partial charge is 0.129 e. The summed E-state index contributed by atoms with van der Waals surface area (Å²) in [6, 6.07) is 4.65. The summed E-state index contributed by atoms with van der Waals surface area (Å²) in [5, 5.41) is 3.41. The summed E-state index contributed by atoms with van der Waals surface area (Å²) in [5.41, 5.74) is 1.28. The fourth-order valence-corrected chi connectivity index (χ4v) is 1.85. The van der Waals surface area contributed by atoms with E-state index in [0.29, 0.717) is 6.04 Å². The van der Waals surface area contributed by atoms with Gasteiger partial charge in [0.25, 0.3) is 0 Å². The Kier molecular flexibility index (Phi) is 6.44. The number of hydrogen-bond donors (Lipinski definition) is 1. The standard InChI is InChI=1S/C15H25N3/c1-5-8-16-12-14-7-9-17-15(11-14)18(10-6-2)13(3)4/h6-7,9,11,13,16H,2,5,8,10,12H2,1,3-4H3. The zero-order chi connectivity index (χ0) is 13.4. The van der Waals surface area contributed by atoms with Gasteiger partial charge in [-0.2, -0.15) is 0 Å². The molecule has 1 N–H and O–H groups in total. The Balaban J connectivity index is 2.75. The highest BCUT2D eigenvalue weighted by Crippen LogP contribution is 2.15. The Hall–Kier alpha value is -1.35. The van der Waals surface area contributed by atoms with Gasteiger partial charge >= 0.3 is 0 Å². The minimum Gasteiger partial charge on any atom is -0.350 e. The van der Waals surface area contributed by atoms with Gasteiger partial charge in [-0.1, -0.05) is 13.0 Å². The van der Waals surface area contributed by atoms with Gasteiger partial charge in [0.2, 0.25) is 0 Å². The fraction of sp³-hybridized carbons (Fsp3) is 0.533. The third-order valence-corrected chi connectivity index (χ3v) is 2.81. The number of pyridine rings is 1. The van der Waals surface area contributed by atoms with E-state index in [2.05, 4.69) is 54.7 Å². The first-order valence-electron chi connectivity index (χ1n) is 6.72. The highest BCUT2D eigenvalue weighted by molar-refractivity contribution is 5.42. The maximum atomic E-state index is 4.46. The molecule has 0 unspecified atom stereocenters. The first-order valence-corrected chi connectivity index (χ1v) is 6.72. The summed E-state index contributed by atoms with van der Waals surface area (Å²) in [7, 11) is 0. The zero-order valence-corrected chi connectivity index (χ0v) is 11.8. The monoisotopic (exact) mass is 247 g/mol. The van der Waals surface area contributed by atoms with Crippen LogP contribution in [0.3, 0.4) is 0 Å². The van der Waals surface area contributed by atoms with E-state index < -0.39 is 0 Å². The van der Waals surface area contributed by atoms with Gasteiger partial charge in [-0.3, -0.25) is 0 Å². The minimum atomic E-state index is 0.425.